The Morgan fingerprint density at radius 1 is 1.47 bits per heavy atom. The van der Waals surface area contributed by atoms with E-state index >= 15 is 0 Å². The molecule has 2 aromatic rings. The first-order valence-corrected chi connectivity index (χ1v) is 7.41. The van der Waals surface area contributed by atoms with Crippen molar-refractivity contribution in [2.24, 2.45) is 0 Å². The van der Waals surface area contributed by atoms with E-state index in [1.807, 2.05) is 7.05 Å². The number of carbonyl (C=O) groups excluding carboxylic acids is 1. The molecule has 0 saturated carbocycles. The number of aromatic amines is 1. The van der Waals surface area contributed by atoms with Crippen molar-refractivity contribution in [2.45, 2.75) is 32.2 Å². The van der Waals surface area contributed by atoms with Crippen LogP contribution >= 0.6 is 11.3 Å². The fraction of sp³-hybridized carbons (Fsp3) is 0.429. The molecular weight excluding hydrogens is 258 g/mol. The summed E-state index contributed by atoms with van der Waals surface area (Å²) in [6, 6.07) is 2.08. The third-order valence-electron chi connectivity index (χ3n) is 3.50. The highest BCUT2D eigenvalue weighted by atomic mass is 32.1. The lowest BCUT2D eigenvalue weighted by Crippen LogP contribution is -2.25. The third kappa shape index (κ3) is 2.56. The van der Waals surface area contributed by atoms with Gasteiger partial charge < -0.3 is 9.88 Å². The van der Waals surface area contributed by atoms with Gasteiger partial charge in [0.25, 0.3) is 5.91 Å². The first-order chi connectivity index (χ1) is 9.24. The Morgan fingerprint density at radius 3 is 3.05 bits per heavy atom. The number of H-pyrrole nitrogens is 1. The molecule has 0 radical (unpaired) electrons. The second-order valence-electron chi connectivity index (χ2n) is 4.96. The monoisotopic (exact) mass is 275 g/mol. The Kier molecular flexibility index (Phi) is 3.38. The zero-order valence-electron chi connectivity index (χ0n) is 11.0. The van der Waals surface area contributed by atoms with Crippen LogP contribution in [0.2, 0.25) is 0 Å². The Morgan fingerprint density at radius 2 is 2.32 bits per heavy atom. The molecule has 0 fully saturated rings. The van der Waals surface area contributed by atoms with Crippen LogP contribution in [0.3, 0.4) is 0 Å². The van der Waals surface area contributed by atoms with Crippen LogP contribution in [-0.2, 0) is 19.4 Å². The molecular formula is C14H17N3OS. The lowest BCUT2D eigenvalue weighted by molar-refractivity contribution is 0.0786. The van der Waals surface area contributed by atoms with Crippen LogP contribution in [0.4, 0.5) is 0 Å². The van der Waals surface area contributed by atoms with Gasteiger partial charge in [-0.2, -0.15) is 0 Å². The predicted octanol–water partition coefficient (Wildman–Crippen LogP) is 2.62. The summed E-state index contributed by atoms with van der Waals surface area (Å²) in [5.41, 5.74) is 1.38. The van der Waals surface area contributed by atoms with E-state index in [0.29, 0.717) is 6.54 Å². The van der Waals surface area contributed by atoms with Gasteiger partial charge in [-0.15, -0.1) is 11.3 Å². The first-order valence-electron chi connectivity index (χ1n) is 6.59. The SMILES string of the molecule is CN(Cc1ncc[nH]1)C(=O)c1cc2c(s1)CCCC2. The van der Waals surface area contributed by atoms with Crippen LogP contribution < -0.4 is 0 Å². The van der Waals surface area contributed by atoms with E-state index in [-0.39, 0.29) is 5.91 Å². The molecule has 1 aliphatic carbocycles. The Labute approximate surface area is 116 Å². The van der Waals surface area contributed by atoms with Gasteiger partial charge in [0.2, 0.25) is 0 Å². The summed E-state index contributed by atoms with van der Waals surface area (Å²) in [7, 11) is 1.82. The van der Waals surface area contributed by atoms with Crippen LogP contribution in [0, 0.1) is 0 Å². The molecule has 1 aliphatic rings. The van der Waals surface area contributed by atoms with E-state index < -0.39 is 0 Å². The van der Waals surface area contributed by atoms with Crippen LogP contribution in [0.25, 0.3) is 0 Å². The van der Waals surface area contributed by atoms with Crippen LogP contribution in [-0.4, -0.2) is 27.8 Å². The number of hydrogen-bond donors (Lipinski definition) is 1. The maximum Gasteiger partial charge on any atom is 0.264 e. The van der Waals surface area contributed by atoms with Crippen molar-refractivity contribution in [1.29, 1.82) is 0 Å². The molecule has 2 heterocycles. The van der Waals surface area contributed by atoms with Crippen LogP contribution in [0.15, 0.2) is 18.5 Å². The summed E-state index contributed by atoms with van der Waals surface area (Å²) in [5, 5.41) is 0. The number of amides is 1. The minimum atomic E-state index is 0.0933. The quantitative estimate of drug-likeness (QED) is 0.936. The summed E-state index contributed by atoms with van der Waals surface area (Å²) < 4.78 is 0. The molecule has 4 nitrogen and oxygen atoms in total. The summed E-state index contributed by atoms with van der Waals surface area (Å²) in [6.07, 6.45) is 8.24. The molecule has 0 saturated heterocycles. The topological polar surface area (TPSA) is 49.0 Å². The summed E-state index contributed by atoms with van der Waals surface area (Å²) in [4.78, 5) is 23.5. The molecule has 100 valence electrons. The summed E-state index contributed by atoms with van der Waals surface area (Å²) in [5.74, 6) is 0.910. The van der Waals surface area contributed by atoms with Gasteiger partial charge in [0.05, 0.1) is 11.4 Å². The van der Waals surface area contributed by atoms with Gasteiger partial charge in [0.1, 0.15) is 5.82 Å². The first kappa shape index (κ1) is 12.4. The zero-order chi connectivity index (χ0) is 13.2. The number of fused-ring (bicyclic) bond motifs is 1. The number of nitrogens with one attached hydrogen (secondary N) is 1. The van der Waals surface area contributed by atoms with E-state index in [2.05, 4.69) is 16.0 Å². The highest BCUT2D eigenvalue weighted by molar-refractivity contribution is 7.14. The molecule has 0 bridgehead atoms. The van der Waals surface area contributed by atoms with Crippen molar-refractivity contribution in [3.05, 3.63) is 39.6 Å². The number of rotatable bonds is 3. The van der Waals surface area contributed by atoms with Gasteiger partial charge in [0.15, 0.2) is 0 Å². The number of nitrogens with zero attached hydrogens (tertiary/aromatic N) is 2. The van der Waals surface area contributed by atoms with Crippen molar-refractivity contribution >= 4 is 17.2 Å². The molecule has 0 atom stereocenters. The predicted molar refractivity (Wildman–Crippen MR) is 75.3 cm³/mol. The lowest BCUT2D eigenvalue weighted by atomic mass is 9.99. The molecule has 1 N–H and O–H groups in total. The number of aryl methyl sites for hydroxylation is 2. The molecule has 0 aromatic carbocycles. The summed E-state index contributed by atoms with van der Waals surface area (Å²) in [6.45, 7) is 0.522. The number of imidazole rings is 1. The summed E-state index contributed by atoms with van der Waals surface area (Å²) >= 11 is 1.66. The average molecular weight is 275 g/mol. The standard InChI is InChI=1S/C14H17N3OS/c1-17(9-13-15-6-7-16-13)14(18)12-8-10-4-2-3-5-11(10)19-12/h6-8H,2-5,9H2,1H3,(H,15,16). The molecule has 19 heavy (non-hydrogen) atoms. The largest absolute Gasteiger partial charge is 0.347 e. The average Bonchev–Trinajstić information content (AvgIpc) is 3.05. The van der Waals surface area contributed by atoms with Crippen molar-refractivity contribution in [3.8, 4) is 0 Å². The Balaban J connectivity index is 1.74. The Hall–Kier alpha value is -1.62. The van der Waals surface area contributed by atoms with E-state index in [0.717, 1.165) is 23.5 Å². The van der Waals surface area contributed by atoms with Crippen molar-refractivity contribution in [3.63, 3.8) is 0 Å². The van der Waals surface area contributed by atoms with Gasteiger partial charge in [-0.05, 0) is 37.3 Å². The van der Waals surface area contributed by atoms with Crippen LogP contribution in [0.1, 0.15) is 38.8 Å². The van der Waals surface area contributed by atoms with E-state index in [1.54, 1.807) is 28.6 Å². The van der Waals surface area contributed by atoms with Crippen molar-refractivity contribution in [2.75, 3.05) is 7.05 Å². The minimum Gasteiger partial charge on any atom is -0.347 e. The van der Waals surface area contributed by atoms with E-state index in [1.165, 1.54) is 23.3 Å². The number of carbonyl (C=O) groups is 1. The number of thiophene rings is 1. The van der Waals surface area contributed by atoms with E-state index in [4.69, 9.17) is 0 Å². The van der Waals surface area contributed by atoms with Gasteiger partial charge in [-0.25, -0.2) is 4.98 Å². The smallest absolute Gasteiger partial charge is 0.264 e. The van der Waals surface area contributed by atoms with Crippen molar-refractivity contribution in [1.82, 2.24) is 14.9 Å². The molecule has 5 heteroatoms. The number of aromatic nitrogens is 2. The van der Waals surface area contributed by atoms with Gasteiger partial charge >= 0.3 is 0 Å². The maximum absolute atomic E-state index is 12.4. The van der Waals surface area contributed by atoms with Crippen LogP contribution in [0.5, 0.6) is 0 Å². The molecule has 0 unspecified atom stereocenters. The number of hydrogen-bond acceptors (Lipinski definition) is 3. The second-order valence-corrected chi connectivity index (χ2v) is 6.10. The normalized spacial score (nSPS) is 14.2. The molecule has 0 spiro atoms. The minimum absolute atomic E-state index is 0.0933. The van der Waals surface area contributed by atoms with Gasteiger partial charge in [0, 0.05) is 24.3 Å². The highest BCUT2D eigenvalue weighted by Gasteiger charge is 2.20. The van der Waals surface area contributed by atoms with Crippen molar-refractivity contribution < 1.29 is 4.79 Å². The fourth-order valence-corrected chi connectivity index (χ4v) is 3.71. The fourth-order valence-electron chi connectivity index (χ4n) is 2.47. The second kappa shape index (κ2) is 5.17. The maximum atomic E-state index is 12.4. The molecule has 1 amide bonds. The third-order valence-corrected chi connectivity index (χ3v) is 4.72. The van der Waals surface area contributed by atoms with Gasteiger partial charge in [-0.3, -0.25) is 4.79 Å². The lowest BCUT2D eigenvalue weighted by Gasteiger charge is -2.14. The molecule has 2 aromatic heterocycles. The molecule has 0 aliphatic heterocycles. The highest BCUT2D eigenvalue weighted by Crippen LogP contribution is 2.30. The zero-order valence-corrected chi connectivity index (χ0v) is 11.8. The van der Waals surface area contributed by atoms with E-state index in [9.17, 15) is 4.79 Å². The van der Waals surface area contributed by atoms with Gasteiger partial charge in [-0.1, -0.05) is 0 Å². The molecule has 3 rings (SSSR count). The Bertz CT molecular complexity index is 550.